The van der Waals surface area contributed by atoms with Gasteiger partial charge in [-0.3, -0.25) is 4.98 Å². The predicted molar refractivity (Wildman–Crippen MR) is 61.0 cm³/mol. The Hall–Kier alpha value is -0.840. The predicted octanol–water partition coefficient (Wildman–Crippen LogP) is 2.85. The second kappa shape index (κ2) is 3.49. The molecule has 0 atom stereocenters. The van der Waals surface area contributed by atoms with Gasteiger partial charge in [0.15, 0.2) is 0 Å². The van der Waals surface area contributed by atoms with Gasteiger partial charge in [-0.15, -0.1) is 0 Å². The van der Waals surface area contributed by atoms with Gasteiger partial charge in [-0.2, -0.15) is 0 Å². The average Bonchev–Trinajstić information content (AvgIpc) is 2.18. The molecule has 0 N–H and O–H groups in total. The van der Waals surface area contributed by atoms with E-state index in [1.165, 1.54) is 5.39 Å². The molecule has 0 spiro atoms. The Morgan fingerprint density at radius 2 is 2.15 bits per heavy atom. The number of hydrogen-bond donors (Lipinski definition) is 0. The monoisotopic (exact) mass is 285 g/mol. The number of ether oxygens (including phenoxy) is 1. The van der Waals surface area contributed by atoms with Gasteiger partial charge >= 0.3 is 0 Å². The number of nitrogens with zero attached hydrogens (tertiary/aromatic N) is 1. The second-order valence-corrected chi connectivity index (χ2v) is 3.87. The SMILES string of the molecule is COc1ccc2c(I)cncc2c1. The minimum absolute atomic E-state index is 0.872. The van der Waals surface area contributed by atoms with E-state index in [2.05, 4.69) is 33.6 Å². The first-order valence-electron chi connectivity index (χ1n) is 3.88. The lowest BCUT2D eigenvalue weighted by atomic mass is 10.2. The fourth-order valence-electron chi connectivity index (χ4n) is 1.24. The van der Waals surface area contributed by atoms with Crippen molar-refractivity contribution < 1.29 is 4.74 Å². The summed E-state index contributed by atoms with van der Waals surface area (Å²) in [6.07, 6.45) is 3.70. The van der Waals surface area contributed by atoms with Gasteiger partial charge in [0.05, 0.1) is 7.11 Å². The maximum atomic E-state index is 5.13. The van der Waals surface area contributed by atoms with Crippen LogP contribution in [0.25, 0.3) is 10.8 Å². The van der Waals surface area contributed by atoms with Crippen molar-refractivity contribution >= 4 is 33.4 Å². The molecular weight excluding hydrogens is 277 g/mol. The average molecular weight is 285 g/mol. The summed E-state index contributed by atoms with van der Waals surface area (Å²) in [6.45, 7) is 0. The number of rotatable bonds is 1. The van der Waals surface area contributed by atoms with E-state index in [4.69, 9.17) is 4.74 Å². The lowest BCUT2D eigenvalue weighted by molar-refractivity contribution is 0.415. The molecule has 2 nitrogen and oxygen atoms in total. The zero-order valence-electron chi connectivity index (χ0n) is 7.12. The Labute approximate surface area is 90.1 Å². The first kappa shape index (κ1) is 8.74. The Bertz CT molecular complexity index is 442. The van der Waals surface area contributed by atoms with Crippen LogP contribution < -0.4 is 4.74 Å². The summed E-state index contributed by atoms with van der Waals surface area (Å²) in [7, 11) is 1.67. The first-order valence-corrected chi connectivity index (χ1v) is 4.96. The second-order valence-electron chi connectivity index (χ2n) is 2.71. The van der Waals surface area contributed by atoms with Crippen LogP contribution in [0.4, 0.5) is 0 Å². The number of methoxy groups -OCH3 is 1. The maximum Gasteiger partial charge on any atom is 0.119 e. The summed E-state index contributed by atoms with van der Waals surface area (Å²) in [5, 5.41) is 2.34. The van der Waals surface area contributed by atoms with E-state index < -0.39 is 0 Å². The summed E-state index contributed by atoms with van der Waals surface area (Å²) >= 11 is 2.28. The molecule has 0 aliphatic heterocycles. The van der Waals surface area contributed by atoms with Gasteiger partial charge in [0.25, 0.3) is 0 Å². The highest BCUT2D eigenvalue weighted by molar-refractivity contribution is 14.1. The largest absolute Gasteiger partial charge is 0.497 e. The van der Waals surface area contributed by atoms with Crippen molar-refractivity contribution in [2.75, 3.05) is 7.11 Å². The van der Waals surface area contributed by atoms with Gasteiger partial charge < -0.3 is 4.74 Å². The molecule has 0 saturated heterocycles. The molecule has 66 valence electrons. The van der Waals surface area contributed by atoms with Crippen LogP contribution in [-0.4, -0.2) is 12.1 Å². The smallest absolute Gasteiger partial charge is 0.119 e. The molecule has 0 fully saturated rings. The van der Waals surface area contributed by atoms with Crippen molar-refractivity contribution in [1.82, 2.24) is 4.98 Å². The number of benzene rings is 1. The molecule has 0 unspecified atom stereocenters. The van der Waals surface area contributed by atoms with E-state index in [0.29, 0.717) is 0 Å². The Kier molecular flexibility index (Phi) is 2.35. The zero-order valence-corrected chi connectivity index (χ0v) is 9.28. The number of fused-ring (bicyclic) bond motifs is 1. The van der Waals surface area contributed by atoms with Crippen LogP contribution in [0.2, 0.25) is 0 Å². The van der Waals surface area contributed by atoms with E-state index in [0.717, 1.165) is 14.7 Å². The lowest BCUT2D eigenvalue weighted by Crippen LogP contribution is -1.84. The van der Waals surface area contributed by atoms with E-state index in [-0.39, 0.29) is 0 Å². The van der Waals surface area contributed by atoms with Gasteiger partial charge in [0, 0.05) is 21.4 Å². The Morgan fingerprint density at radius 1 is 1.31 bits per heavy atom. The van der Waals surface area contributed by atoms with Crippen LogP contribution >= 0.6 is 22.6 Å². The minimum atomic E-state index is 0.872. The quantitative estimate of drug-likeness (QED) is 0.752. The molecule has 3 heteroatoms. The van der Waals surface area contributed by atoms with Crippen molar-refractivity contribution in [2.24, 2.45) is 0 Å². The van der Waals surface area contributed by atoms with E-state index >= 15 is 0 Å². The molecule has 0 saturated carbocycles. The maximum absolute atomic E-state index is 5.13. The standard InChI is InChI=1S/C10H8INO/c1-13-8-2-3-9-7(4-8)5-12-6-10(9)11/h2-6H,1H3. The molecule has 0 amide bonds. The molecule has 0 aliphatic carbocycles. The number of hydrogen-bond acceptors (Lipinski definition) is 2. The van der Waals surface area contributed by atoms with Crippen molar-refractivity contribution in [1.29, 1.82) is 0 Å². The van der Waals surface area contributed by atoms with Gasteiger partial charge in [0.1, 0.15) is 5.75 Å². The van der Waals surface area contributed by atoms with Crippen molar-refractivity contribution in [3.05, 3.63) is 34.2 Å². The van der Waals surface area contributed by atoms with Crippen LogP contribution in [0.1, 0.15) is 0 Å². The lowest BCUT2D eigenvalue weighted by Gasteiger charge is -2.02. The zero-order chi connectivity index (χ0) is 9.26. The highest BCUT2D eigenvalue weighted by Crippen LogP contribution is 2.23. The molecule has 2 rings (SSSR count). The van der Waals surface area contributed by atoms with Gasteiger partial charge in [-0.05, 0) is 46.2 Å². The van der Waals surface area contributed by atoms with E-state index in [9.17, 15) is 0 Å². The molecule has 1 heterocycles. The third-order valence-electron chi connectivity index (χ3n) is 1.92. The third-order valence-corrected chi connectivity index (χ3v) is 2.78. The normalized spacial score (nSPS) is 10.3. The number of halogens is 1. The third kappa shape index (κ3) is 1.60. The highest BCUT2D eigenvalue weighted by atomic mass is 127. The summed E-state index contributed by atoms with van der Waals surface area (Å²) in [6, 6.07) is 6.01. The molecule has 1 aromatic heterocycles. The van der Waals surface area contributed by atoms with Crippen molar-refractivity contribution in [2.45, 2.75) is 0 Å². The fourth-order valence-corrected chi connectivity index (χ4v) is 1.90. The summed E-state index contributed by atoms with van der Waals surface area (Å²) < 4.78 is 6.30. The summed E-state index contributed by atoms with van der Waals surface area (Å²) in [4.78, 5) is 4.12. The molecule has 13 heavy (non-hydrogen) atoms. The van der Waals surface area contributed by atoms with E-state index in [1.807, 2.05) is 24.5 Å². The molecule has 0 radical (unpaired) electrons. The minimum Gasteiger partial charge on any atom is -0.497 e. The van der Waals surface area contributed by atoms with Crippen LogP contribution in [-0.2, 0) is 0 Å². The first-order chi connectivity index (χ1) is 6.31. The van der Waals surface area contributed by atoms with Crippen LogP contribution in [0, 0.1) is 3.57 Å². The van der Waals surface area contributed by atoms with Crippen molar-refractivity contribution in [3.63, 3.8) is 0 Å². The fraction of sp³-hybridized carbons (Fsp3) is 0.100. The van der Waals surface area contributed by atoms with Crippen molar-refractivity contribution in [3.8, 4) is 5.75 Å². The van der Waals surface area contributed by atoms with E-state index in [1.54, 1.807) is 7.11 Å². The molecule has 0 aliphatic rings. The van der Waals surface area contributed by atoms with Crippen LogP contribution in [0.15, 0.2) is 30.6 Å². The summed E-state index contributed by atoms with van der Waals surface area (Å²) in [5.74, 6) is 0.872. The van der Waals surface area contributed by atoms with Gasteiger partial charge in [-0.25, -0.2) is 0 Å². The van der Waals surface area contributed by atoms with Crippen LogP contribution in [0.5, 0.6) is 5.75 Å². The van der Waals surface area contributed by atoms with Gasteiger partial charge in [0.2, 0.25) is 0 Å². The Morgan fingerprint density at radius 3 is 2.92 bits per heavy atom. The molecule has 0 bridgehead atoms. The van der Waals surface area contributed by atoms with Gasteiger partial charge in [-0.1, -0.05) is 0 Å². The topological polar surface area (TPSA) is 22.1 Å². The molecule has 2 aromatic rings. The molecular formula is C10H8INO. The van der Waals surface area contributed by atoms with Crippen LogP contribution in [0.3, 0.4) is 0 Å². The Balaban J connectivity index is 2.72. The number of aromatic nitrogens is 1. The summed E-state index contributed by atoms with van der Waals surface area (Å²) in [5.41, 5.74) is 0. The molecule has 1 aromatic carbocycles. The number of pyridine rings is 1. The highest BCUT2D eigenvalue weighted by Gasteiger charge is 1.99.